The van der Waals surface area contributed by atoms with Crippen LogP contribution >= 0.6 is 0 Å². The van der Waals surface area contributed by atoms with E-state index in [1.54, 1.807) is 19.2 Å². The van der Waals surface area contributed by atoms with Gasteiger partial charge in [0.25, 0.3) is 0 Å². The van der Waals surface area contributed by atoms with Gasteiger partial charge in [-0.2, -0.15) is 0 Å². The Balaban J connectivity index is 1.69. The molecule has 0 spiro atoms. The second-order valence-electron chi connectivity index (χ2n) is 8.33. The highest BCUT2D eigenvalue weighted by atomic mass is 16.7. The molecule has 0 radical (unpaired) electrons. The molecule has 0 bridgehead atoms. The van der Waals surface area contributed by atoms with E-state index in [0.717, 1.165) is 16.7 Å². The lowest BCUT2D eigenvalue weighted by molar-refractivity contribution is -0.141. The minimum atomic E-state index is -0.433. The number of aromatic hydroxyl groups is 1. The van der Waals surface area contributed by atoms with E-state index >= 15 is 0 Å². The van der Waals surface area contributed by atoms with Crippen molar-refractivity contribution in [1.82, 2.24) is 5.32 Å². The summed E-state index contributed by atoms with van der Waals surface area (Å²) in [6.07, 6.45) is 0. The second-order valence-corrected chi connectivity index (χ2v) is 8.33. The third kappa shape index (κ3) is 3.52. The number of rotatable bonds is 7. The van der Waals surface area contributed by atoms with Crippen molar-refractivity contribution in [2.24, 2.45) is 11.8 Å². The molecule has 1 saturated heterocycles. The van der Waals surface area contributed by atoms with E-state index in [1.165, 1.54) is 14.2 Å². The number of hydrogen-bond donors (Lipinski definition) is 2. The van der Waals surface area contributed by atoms with E-state index in [-0.39, 0.29) is 47.9 Å². The minimum absolute atomic E-state index is 0.0878. The molecular formula is C24H27NO8. The number of hydrogen-bond acceptors (Lipinski definition) is 9. The number of carbonyl (C=O) groups excluding carboxylic acids is 1. The topological polar surface area (TPSA) is 105 Å². The maximum atomic E-state index is 13.0. The highest BCUT2D eigenvalue weighted by Crippen LogP contribution is 2.55. The molecule has 2 aromatic rings. The fourth-order valence-corrected chi connectivity index (χ4v) is 5.23. The number of esters is 1. The van der Waals surface area contributed by atoms with Gasteiger partial charge in [-0.05, 0) is 41.0 Å². The first-order valence-corrected chi connectivity index (χ1v) is 10.8. The van der Waals surface area contributed by atoms with E-state index in [2.05, 4.69) is 5.32 Å². The van der Waals surface area contributed by atoms with Gasteiger partial charge in [0.2, 0.25) is 12.5 Å². The SMILES string of the molecule is COCCN[C@@H]1c2cc3c(cc2[C@@H](c2cc(OC)c(O)c(OC)c2)[C@H]2C(=O)OC[C@@H]21)OCO3. The van der Waals surface area contributed by atoms with Crippen LogP contribution < -0.4 is 24.3 Å². The molecule has 3 aliphatic rings. The predicted molar refractivity (Wildman–Crippen MR) is 116 cm³/mol. The summed E-state index contributed by atoms with van der Waals surface area (Å²) in [4.78, 5) is 13.0. The molecule has 2 aromatic carbocycles. The Labute approximate surface area is 191 Å². The largest absolute Gasteiger partial charge is 0.502 e. The van der Waals surface area contributed by atoms with E-state index in [1.807, 2.05) is 12.1 Å². The van der Waals surface area contributed by atoms with Crippen LogP contribution in [0.15, 0.2) is 24.3 Å². The Bertz CT molecular complexity index is 1050. The van der Waals surface area contributed by atoms with E-state index < -0.39 is 5.92 Å². The summed E-state index contributed by atoms with van der Waals surface area (Å²) in [5.41, 5.74) is 2.74. The lowest BCUT2D eigenvalue weighted by atomic mass is 9.65. The zero-order valence-corrected chi connectivity index (χ0v) is 18.8. The number of nitrogens with one attached hydrogen (secondary N) is 1. The van der Waals surface area contributed by atoms with Crippen molar-refractivity contribution < 1.29 is 38.3 Å². The standard InChI is InChI=1S/C24H27NO8/c1-28-5-4-25-22-14-9-17-16(32-11-33-17)8-13(14)20(21-15(22)10-31-24(21)27)12-6-18(29-2)23(26)19(7-12)30-3/h6-9,15,20-22,25-26H,4-5,10-11H2,1-3H3/t15-,20+,21-,22+/m0/s1. The highest BCUT2D eigenvalue weighted by Gasteiger charge is 2.52. The number of methoxy groups -OCH3 is 3. The highest BCUT2D eigenvalue weighted by molar-refractivity contribution is 5.79. The summed E-state index contributed by atoms with van der Waals surface area (Å²) >= 11 is 0. The van der Waals surface area contributed by atoms with Crippen molar-refractivity contribution in [2.75, 3.05) is 47.9 Å². The molecule has 5 rings (SSSR count). The normalized spacial score (nSPS) is 24.8. The summed E-state index contributed by atoms with van der Waals surface area (Å²) in [5, 5.41) is 14.0. The Kier molecular flexibility index (Phi) is 5.67. The molecule has 2 N–H and O–H groups in total. The van der Waals surface area contributed by atoms with Gasteiger partial charge in [0.1, 0.15) is 0 Å². The van der Waals surface area contributed by atoms with Crippen LogP contribution in [0, 0.1) is 11.8 Å². The quantitative estimate of drug-likeness (QED) is 0.479. The molecule has 1 aliphatic carbocycles. The average Bonchev–Trinajstić information content (AvgIpc) is 3.44. The number of cyclic esters (lactones) is 1. The molecule has 0 unspecified atom stereocenters. The zero-order valence-electron chi connectivity index (χ0n) is 18.8. The molecule has 2 heterocycles. The molecule has 0 amide bonds. The van der Waals surface area contributed by atoms with Gasteiger partial charge < -0.3 is 38.8 Å². The van der Waals surface area contributed by atoms with Crippen LogP contribution in [-0.2, 0) is 14.3 Å². The summed E-state index contributed by atoms with van der Waals surface area (Å²) in [5.74, 6) is 0.638. The summed E-state index contributed by atoms with van der Waals surface area (Å²) in [6, 6.07) is 7.30. The third-order valence-electron chi connectivity index (χ3n) is 6.72. The molecule has 1 fully saturated rings. The smallest absolute Gasteiger partial charge is 0.310 e. The summed E-state index contributed by atoms with van der Waals surface area (Å²) in [7, 11) is 4.61. The van der Waals surface area contributed by atoms with Crippen molar-refractivity contribution >= 4 is 5.97 Å². The van der Waals surface area contributed by atoms with E-state index in [0.29, 0.717) is 31.3 Å². The third-order valence-corrected chi connectivity index (χ3v) is 6.72. The molecule has 33 heavy (non-hydrogen) atoms. The van der Waals surface area contributed by atoms with Gasteiger partial charge in [0.05, 0.1) is 33.4 Å². The first-order valence-electron chi connectivity index (χ1n) is 10.8. The first-order chi connectivity index (χ1) is 16.1. The van der Waals surface area contributed by atoms with Crippen molar-refractivity contribution in [1.29, 1.82) is 0 Å². The van der Waals surface area contributed by atoms with Crippen LogP contribution in [0.3, 0.4) is 0 Å². The number of carbonyl (C=O) groups is 1. The molecule has 176 valence electrons. The maximum absolute atomic E-state index is 13.0. The Morgan fingerprint density at radius 3 is 2.30 bits per heavy atom. The molecule has 0 aromatic heterocycles. The van der Waals surface area contributed by atoms with Gasteiger partial charge in [-0.1, -0.05) is 0 Å². The Morgan fingerprint density at radius 2 is 1.67 bits per heavy atom. The molecular weight excluding hydrogens is 430 g/mol. The van der Waals surface area contributed by atoms with Gasteiger partial charge in [-0.25, -0.2) is 0 Å². The summed E-state index contributed by atoms with van der Waals surface area (Å²) < 4.78 is 32.9. The van der Waals surface area contributed by atoms with Crippen molar-refractivity contribution in [2.45, 2.75) is 12.0 Å². The van der Waals surface area contributed by atoms with Gasteiger partial charge >= 0.3 is 5.97 Å². The monoisotopic (exact) mass is 457 g/mol. The molecule has 9 nitrogen and oxygen atoms in total. The van der Waals surface area contributed by atoms with E-state index in [4.69, 9.17) is 28.4 Å². The maximum Gasteiger partial charge on any atom is 0.310 e. The predicted octanol–water partition coefficient (Wildman–Crippen LogP) is 2.35. The van der Waals surface area contributed by atoms with Gasteiger partial charge in [0.15, 0.2) is 23.0 Å². The van der Waals surface area contributed by atoms with E-state index in [9.17, 15) is 9.90 Å². The van der Waals surface area contributed by atoms with Crippen molar-refractivity contribution in [3.05, 3.63) is 41.0 Å². The van der Waals surface area contributed by atoms with Crippen LogP contribution in [0.4, 0.5) is 0 Å². The van der Waals surface area contributed by atoms with Gasteiger partial charge in [-0.3, -0.25) is 4.79 Å². The van der Waals surface area contributed by atoms with Gasteiger partial charge in [0, 0.05) is 31.5 Å². The minimum Gasteiger partial charge on any atom is -0.502 e. The lowest BCUT2D eigenvalue weighted by Gasteiger charge is -2.39. The van der Waals surface area contributed by atoms with Crippen LogP contribution in [0.2, 0.25) is 0 Å². The molecule has 9 heteroatoms. The lowest BCUT2D eigenvalue weighted by Crippen LogP contribution is -2.41. The van der Waals surface area contributed by atoms with Crippen LogP contribution in [0.25, 0.3) is 0 Å². The average molecular weight is 457 g/mol. The molecule has 2 aliphatic heterocycles. The molecule has 4 atom stereocenters. The summed E-state index contributed by atoms with van der Waals surface area (Å²) in [6.45, 7) is 1.63. The fourth-order valence-electron chi connectivity index (χ4n) is 5.23. The number of benzene rings is 2. The molecule has 0 saturated carbocycles. The van der Waals surface area contributed by atoms with Crippen molar-refractivity contribution in [3.63, 3.8) is 0 Å². The van der Waals surface area contributed by atoms with Crippen molar-refractivity contribution in [3.8, 4) is 28.7 Å². The fraction of sp³-hybridized carbons (Fsp3) is 0.458. The zero-order chi connectivity index (χ0) is 23.1. The van der Waals surface area contributed by atoms with Crippen LogP contribution in [0.5, 0.6) is 28.7 Å². The van der Waals surface area contributed by atoms with Gasteiger partial charge in [-0.15, -0.1) is 0 Å². The number of phenolic OH excluding ortho intramolecular Hbond substituents is 1. The van der Waals surface area contributed by atoms with Crippen LogP contribution in [-0.4, -0.2) is 59.0 Å². The second kappa shape index (κ2) is 8.64. The first kappa shape index (κ1) is 21.7. The number of fused-ring (bicyclic) bond motifs is 3. The Hall–Kier alpha value is -3.17. The number of ether oxygens (including phenoxy) is 6. The van der Waals surface area contributed by atoms with Crippen LogP contribution in [0.1, 0.15) is 28.7 Å². The Morgan fingerprint density at radius 1 is 1.00 bits per heavy atom. The number of phenols is 1.